The summed E-state index contributed by atoms with van der Waals surface area (Å²) in [6.07, 6.45) is 3.38. The molecule has 0 N–H and O–H groups in total. The summed E-state index contributed by atoms with van der Waals surface area (Å²) in [5.41, 5.74) is 1.34. The van der Waals surface area contributed by atoms with Crippen molar-refractivity contribution in [3.05, 3.63) is 35.8 Å². The van der Waals surface area contributed by atoms with E-state index in [0.29, 0.717) is 31.1 Å². The van der Waals surface area contributed by atoms with Crippen LogP contribution in [0.2, 0.25) is 0 Å². The third-order valence-electron chi connectivity index (χ3n) is 3.57. The Labute approximate surface area is 127 Å². The number of hydrogen-bond acceptors (Lipinski definition) is 6. The fourth-order valence-electron chi connectivity index (χ4n) is 2.30. The zero-order valence-corrected chi connectivity index (χ0v) is 12.5. The van der Waals surface area contributed by atoms with Gasteiger partial charge in [-0.3, -0.25) is 4.79 Å². The second-order valence-corrected chi connectivity index (χ2v) is 5.08. The number of ether oxygens (including phenoxy) is 2. The van der Waals surface area contributed by atoms with Crippen molar-refractivity contribution in [1.82, 2.24) is 24.9 Å². The second-order valence-electron chi connectivity index (χ2n) is 5.08. The van der Waals surface area contributed by atoms with Crippen LogP contribution in [0.1, 0.15) is 22.1 Å². The number of carbonyl (C=O) groups is 1. The number of amides is 1. The van der Waals surface area contributed by atoms with Crippen molar-refractivity contribution in [2.75, 3.05) is 27.3 Å². The van der Waals surface area contributed by atoms with Crippen LogP contribution >= 0.6 is 0 Å². The van der Waals surface area contributed by atoms with Crippen molar-refractivity contribution < 1.29 is 14.3 Å². The molecule has 3 rings (SSSR count). The normalized spacial score (nSPS) is 14.7. The number of carbonyl (C=O) groups excluding carboxylic acids is 1. The number of pyridine rings is 1. The van der Waals surface area contributed by atoms with Crippen molar-refractivity contribution in [3.63, 3.8) is 0 Å². The van der Waals surface area contributed by atoms with Gasteiger partial charge < -0.3 is 14.4 Å². The van der Waals surface area contributed by atoms with Gasteiger partial charge in [-0.15, -0.1) is 5.10 Å². The number of likely N-dealkylation sites (tertiary alicyclic amines) is 1. The van der Waals surface area contributed by atoms with E-state index in [9.17, 15) is 4.79 Å². The van der Waals surface area contributed by atoms with Gasteiger partial charge in [-0.25, -0.2) is 9.67 Å². The van der Waals surface area contributed by atoms with Gasteiger partial charge in [-0.2, -0.15) is 0 Å². The molecule has 0 aromatic carbocycles. The molecule has 1 amide bonds. The largest absolute Gasteiger partial charge is 0.481 e. The Morgan fingerprint density at radius 1 is 1.36 bits per heavy atom. The van der Waals surface area contributed by atoms with E-state index in [1.165, 1.54) is 6.20 Å². The fraction of sp³-hybridized carbons (Fsp3) is 0.429. The molecule has 0 aliphatic carbocycles. The van der Waals surface area contributed by atoms with Crippen LogP contribution < -0.4 is 4.74 Å². The van der Waals surface area contributed by atoms with E-state index in [2.05, 4.69) is 15.3 Å². The Hall–Kier alpha value is -2.48. The molecule has 2 aromatic heterocycles. The summed E-state index contributed by atoms with van der Waals surface area (Å²) >= 11 is 0. The van der Waals surface area contributed by atoms with Crippen molar-refractivity contribution in [2.45, 2.75) is 12.6 Å². The first-order valence-corrected chi connectivity index (χ1v) is 6.90. The molecule has 0 saturated carbocycles. The average Bonchev–Trinajstić information content (AvgIpc) is 2.94. The van der Waals surface area contributed by atoms with E-state index >= 15 is 0 Å². The topological polar surface area (TPSA) is 82.4 Å². The lowest BCUT2D eigenvalue weighted by Gasteiger charge is -2.38. The number of rotatable bonds is 5. The quantitative estimate of drug-likeness (QED) is 0.801. The SMILES string of the molecule is COCc1cn(C2CN(C(=O)c3ccc(OC)nc3)C2)nn1. The summed E-state index contributed by atoms with van der Waals surface area (Å²) in [4.78, 5) is 18.1. The maximum atomic E-state index is 12.3. The van der Waals surface area contributed by atoms with Crippen LogP contribution in [0.5, 0.6) is 5.88 Å². The molecule has 1 aliphatic heterocycles. The van der Waals surface area contributed by atoms with Crippen molar-refractivity contribution in [1.29, 1.82) is 0 Å². The van der Waals surface area contributed by atoms with E-state index in [0.717, 1.165) is 5.69 Å². The molecular weight excluding hydrogens is 286 g/mol. The molecule has 0 atom stereocenters. The molecule has 0 spiro atoms. The van der Waals surface area contributed by atoms with Gasteiger partial charge in [0.2, 0.25) is 5.88 Å². The zero-order chi connectivity index (χ0) is 15.5. The van der Waals surface area contributed by atoms with E-state index in [4.69, 9.17) is 9.47 Å². The Balaban J connectivity index is 1.58. The summed E-state index contributed by atoms with van der Waals surface area (Å²) < 4.78 is 11.8. The Bertz CT molecular complexity index is 649. The highest BCUT2D eigenvalue weighted by Crippen LogP contribution is 2.23. The van der Waals surface area contributed by atoms with Crippen LogP contribution in [0.3, 0.4) is 0 Å². The molecule has 0 unspecified atom stereocenters. The molecule has 2 aromatic rings. The van der Waals surface area contributed by atoms with Crippen LogP contribution in [0.4, 0.5) is 0 Å². The smallest absolute Gasteiger partial charge is 0.255 e. The Kier molecular flexibility index (Phi) is 4.01. The van der Waals surface area contributed by atoms with Crippen molar-refractivity contribution >= 4 is 5.91 Å². The zero-order valence-electron chi connectivity index (χ0n) is 12.5. The van der Waals surface area contributed by atoms with Crippen LogP contribution in [-0.2, 0) is 11.3 Å². The lowest BCUT2D eigenvalue weighted by atomic mass is 10.1. The third-order valence-corrected chi connectivity index (χ3v) is 3.57. The van der Waals surface area contributed by atoms with Crippen LogP contribution in [0.15, 0.2) is 24.5 Å². The second kappa shape index (κ2) is 6.10. The summed E-state index contributed by atoms with van der Waals surface area (Å²) in [5.74, 6) is 0.454. The molecule has 8 heteroatoms. The van der Waals surface area contributed by atoms with E-state index < -0.39 is 0 Å². The minimum Gasteiger partial charge on any atom is -0.481 e. The number of nitrogens with zero attached hydrogens (tertiary/aromatic N) is 5. The molecule has 22 heavy (non-hydrogen) atoms. The predicted octanol–water partition coefficient (Wildman–Crippen LogP) is 0.525. The first kappa shape index (κ1) is 14.5. The first-order valence-electron chi connectivity index (χ1n) is 6.90. The highest BCUT2D eigenvalue weighted by Gasteiger charge is 2.33. The molecule has 3 heterocycles. The fourth-order valence-corrected chi connectivity index (χ4v) is 2.30. The highest BCUT2D eigenvalue weighted by molar-refractivity contribution is 5.94. The van der Waals surface area contributed by atoms with Crippen molar-refractivity contribution in [3.8, 4) is 5.88 Å². The van der Waals surface area contributed by atoms with Crippen LogP contribution in [0, 0.1) is 0 Å². The lowest BCUT2D eigenvalue weighted by Crippen LogP contribution is -2.50. The van der Waals surface area contributed by atoms with Crippen molar-refractivity contribution in [2.24, 2.45) is 0 Å². The van der Waals surface area contributed by atoms with E-state index in [1.54, 1.807) is 35.9 Å². The molecule has 0 bridgehead atoms. The van der Waals surface area contributed by atoms with E-state index in [-0.39, 0.29) is 11.9 Å². The molecule has 116 valence electrons. The number of aromatic nitrogens is 4. The highest BCUT2D eigenvalue weighted by atomic mass is 16.5. The van der Waals surface area contributed by atoms with E-state index in [1.807, 2.05) is 6.20 Å². The van der Waals surface area contributed by atoms with Crippen LogP contribution in [-0.4, -0.2) is 58.1 Å². The van der Waals surface area contributed by atoms with Gasteiger partial charge in [0.1, 0.15) is 5.69 Å². The van der Waals surface area contributed by atoms with Gasteiger partial charge in [-0.1, -0.05) is 5.21 Å². The standard InChI is InChI=1S/C14H17N5O3/c1-21-9-11-6-19(17-16-11)12-7-18(8-12)14(20)10-3-4-13(22-2)15-5-10/h3-6,12H,7-9H2,1-2H3. The van der Waals surface area contributed by atoms with Gasteiger partial charge >= 0.3 is 0 Å². The Morgan fingerprint density at radius 3 is 2.82 bits per heavy atom. The third kappa shape index (κ3) is 2.77. The first-order chi connectivity index (χ1) is 10.7. The van der Waals surface area contributed by atoms with Gasteiger partial charge in [0.15, 0.2) is 0 Å². The maximum absolute atomic E-state index is 12.3. The molecule has 0 radical (unpaired) electrons. The molecule has 8 nitrogen and oxygen atoms in total. The number of methoxy groups -OCH3 is 2. The van der Waals surface area contributed by atoms with Crippen LogP contribution in [0.25, 0.3) is 0 Å². The average molecular weight is 303 g/mol. The summed E-state index contributed by atoms with van der Waals surface area (Å²) in [6.45, 7) is 1.66. The molecule has 1 fully saturated rings. The lowest BCUT2D eigenvalue weighted by molar-refractivity contribution is 0.0498. The summed E-state index contributed by atoms with van der Waals surface area (Å²) in [5, 5.41) is 8.08. The molecular formula is C14H17N5O3. The molecule has 1 aliphatic rings. The minimum atomic E-state index is -0.0383. The predicted molar refractivity (Wildman–Crippen MR) is 76.5 cm³/mol. The summed E-state index contributed by atoms with van der Waals surface area (Å²) in [7, 11) is 3.16. The van der Waals surface area contributed by atoms with Gasteiger partial charge in [0, 0.05) is 32.5 Å². The monoisotopic (exact) mass is 303 g/mol. The van der Waals surface area contributed by atoms with Gasteiger partial charge in [0.25, 0.3) is 5.91 Å². The minimum absolute atomic E-state index is 0.0383. The Morgan fingerprint density at radius 2 is 2.18 bits per heavy atom. The molecule has 1 saturated heterocycles. The summed E-state index contributed by atoms with van der Waals surface area (Å²) in [6, 6.07) is 3.56. The maximum Gasteiger partial charge on any atom is 0.255 e. The number of hydrogen-bond donors (Lipinski definition) is 0. The van der Waals surface area contributed by atoms with Gasteiger partial charge in [0.05, 0.1) is 31.5 Å². The van der Waals surface area contributed by atoms with Gasteiger partial charge in [-0.05, 0) is 6.07 Å².